The summed E-state index contributed by atoms with van der Waals surface area (Å²) in [6.07, 6.45) is 0. The van der Waals surface area contributed by atoms with E-state index in [1.165, 1.54) is 11.1 Å². The fourth-order valence-corrected chi connectivity index (χ4v) is 3.22. The van der Waals surface area contributed by atoms with Crippen molar-refractivity contribution in [1.82, 2.24) is 9.80 Å². The van der Waals surface area contributed by atoms with Gasteiger partial charge in [-0.1, -0.05) is 42.5 Å². The molecule has 0 aliphatic carbocycles. The van der Waals surface area contributed by atoms with Crippen LogP contribution in [0.2, 0.25) is 0 Å². The fourth-order valence-electron chi connectivity index (χ4n) is 3.22. The summed E-state index contributed by atoms with van der Waals surface area (Å²) in [5.74, 6) is 0. The van der Waals surface area contributed by atoms with Crippen molar-refractivity contribution >= 4 is 30.5 Å². The zero-order valence-corrected chi connectivity index (χ0v) is 15.7. The van der Waals surface area contributed by atoms with Crippen LogP contribution in [0.25, 0.3) is 0 Å². The predicted octanol–water partition coefficient (Wildman–Crippen LogP) is 3.82. The monoisotopic (exact) mass is 367 g/mol. The number of anilines is 1. The normalized spacial score (nSPS) is 18.5. The number of benzene rings is 2. The van der Waals surface area contributed by atoms with E-state index in [0.29, 0.717) is 6.04 Å². The Labute approximate surface area is 157 Å². The highest BCUT2D eigenvalue weighted by atomic mass is 35.5. The first-order valence-electron chi connectivity index (χ1n) is 8.05. The number of piperazine rings is 1. The SMILES string of the molecule is C[C@@H]1CN(Cc2ccccc2)CCN1Cc1cccc(N)c1.Cl.Cl. The molecule has 1 saturated heterocycles. The zero-order valence-electron chi connectivity index (χ0n) is 14.1. The molecule has 0 unspecified atom stereocenters. The summed E-state index contributed by atoms with van der Waals surface area (Å²) in [5.41, 5.74) is 9.44. The quantitative estimate of drug-likeness (QED) is 0.833. The van der Waals surface area contributed by atoms with Crippen LogP contribution in [-0.2, 0) is 13.1 Å². The Morgan fingerprint density at radius 1 is 0.917 bits per heavy atom. The lowest BCUT2D eigenvalue weighted by Gasteiger charge is -2.40. The molecular formula is C19H27Cl2N3. The number of hydrogen-bond donors (Lipinski definition) is 1. The molecule has 0 amide bonds. The van der Waals surface area contributed by atoms with Gasteiger partial charge in [-0.15, -0.1) is 24.8 Å². The van der Waals surface area contributed by atoms with Gasteiger partial charge in [-0.05, 0) is 30.2 Å². The topological polar surface area (TPSA) is 32.5 Å². The van der Waals surface area contributed by atoms with Gasteiger partial charge < -0.3 is 5.73 Å². The number of nitrogens with two attached hydrogens (primary N) is 1. The molecule has 3 rings (SSSR count). The van der Waals surface area contributed by atoms with E-state index < -0.39 is 0 Å². The molecule has 0 spiro atoms. The smallest absolute Gasteiger partial charge is 0.0317 e. The molecule has 1 aliphatic heterocycles. The molecule has 132 valence electrons. The molecule has 0 saturated carbocycles. The van der Waals surface area contributed by atoms with E-state index in [2.05, 4.69) is 59.2 Å². The Kier molecular flexibility index (Phi) is 8.57. The molecule has 3 nitrogen and oxygen atoms in total. The molecule has 0 aromatic heterocycles. The molecule has 5 heteroatoms. The first kappa shape index (κ1) is 20.8. The highest BCUT2D eigenvalue weighted by Gasteiger charge is 2.23. The van der Waals surface area contributed by atoms with Crippen molar-refractivity contribution in [3.8, 4) is 0 Å². The largest absolute Gasteiger partial charge is 0.399 e. The molecular weight excluding hydrogens is 341 g/mol. The van der Waals surface area contributed by atoms with Crippen molar-refractivity contribution in [2.24, 2.45) is 0 Å². The summed E-state index contributed by atoms with van der Waals surface area (Å²) in [6.45, 7) is 7.73. The van der Waals surface area contributed by atoms with Crippen molar-refractivity contribution in [3.63, 3.8) is 0 Å². The van der Waals surface area contributed by atoms with Crippen molar-refractivity contribution in [2.75, 3.05) is 25.4 Å². The zero-order chi connectivity index (χ0) is 15.4. The number of nitrogens with zero attached hydrogens (tertiary/aromatic N) is 2. The van der Waals surface area contributed by atoms with Crippen LogP contribution in [0.3, 0.4) is 0 Å². The second kappa shape index (κ2) is 9.90. The van der Waals surface area contributed by atoms with Gasteiger partial charge in [-0.2, -0.15) is 0 Å². The second-order valence-corrected chi connectivity index (χ2v) is 6.29. The summed E-state index contributed by atoms with van der Waals surface area (Å²) < 4.78 is 0. The van der Waals surface area contributed by atoms with Crippen LogP contribution in [0.4, 0.5) is 5.69 Å². The van der Waals surface area contributed by atoms with Gasteiger partial charge in [0.1, 0.15) is 0 Å². The van der Waals surface area contributed by atoms with Gasteiger partial charge >= 0.3 is 0 Å². The highest BCUT2D eigenvalue weighted by Crippen LogP contribution is 2.17. The predicted molar refractivity (Wildman–Crippen MR) is 107 cm³/mol. The molecule has 24 heavy (non-hydrogen) atoms. The average Bonchev–Trinajstić information content (AvgIpc) is 2.51. The van der Waals surface area contributed by atoms with E-state index in [0.717, 1.165) is 38.4 Å². The summed E-state index contributed by atoms with van der Waals surface area (Å²) in [7, 11) is 0. The van der Waals surface area contributed by atoms with E-state index in [9.17, 15) is 0 Å². The van der Waals surface area contributed by atoms with E-state index in [-0.39, 0.29) is 24.8 Å². The van der Waals surface area contributed by atoms with Gasteiger partial charge in [0.05, 0.1) is 0 Å². The Hall–Kier alpha value is -1.26. The maximum absolute atomic E-state index is 5.88. The van der Waals surface area contributed by atoms with Crippen LogP contribution in [0.15, 0.2) is 54.6 Å². The molecule has 1 atom stereocenters. The van der Waals surface area contributed by atoms with Crippen molar-refractivity contribution in [3.05, 3.63) is 65.7 Å². The van der Waals surface area contributed by atoms with E-state index in [1.807, 2.05) is 12.1 Å². The van der Waals surface area contributed by atoms with Gasteiger partial charge in [-0.3, -0.25) is 9.80 Å². The van der Waals surface area contributed by atoms with E-state index in [4.69, 9.17) is 5.73 Å². The van der Waals surface area contributed by atoms with E-state index >= 15 is 0 Å². The fraction of sp³-hybridized carbons (Fsp3) is 0.368. The Morgan fingerprint density at radius 2 is 1.62 bits per heavy atom. The van der Waals surface area contributed by atoms with Crippen LogP contribution in [-0.4, -0.2) is 35.5 Å². The third-order valence-electron chi connectivity index (χ3n) is 4.43. The van der Waals surface area contributed by atoms with Crippen molar-refractivity contribution in [2.45, 2.75) is 26.1 Å². The van der Waals surface area contributed by atoms with E-state index in [1.54, 1.807) is 0 Å². The lowest BCUT2D eigenvalue weighted by molar-refractivity contribution is 0.0733. The molecule has 0 bridgehead atoms. The maximum Gasteiger partial charge on any atom is 0.0317 e. The average molecular weight is 368 g/mol. The minimum absolute atomic E-state index is 0. The minimum atomic E-state index is 0. The first-order chi connectivity index (χ1) is 10.7. The van der Waals surface area contributed by atoms with Crippen LogP contribution in [0.1, 0.15) is 18.1 Å². The third kappa shape index (κ3) is 5.67. The standard InChI is InChI=1S/C19H25N3.2ClH/c1-16-13-21(14-17-6-3-2-4-7-17)10-11-22(16)15-18-8-5-9-19(20)12-18;;/h2-9,12,16H,10-11,13-15,20H2,1H3;2*1H/t16-;;/m1../s1. The molecule has 2 N–H and O–H groups in total. The first-order valence-corrected chi connectivity index (χ1v) is 8.05. The maximum atomic E-state index is 5.88. The molecule has 1 aliphatic rings. The summed E-state index contributed by atoms with van der Waals surface area (Å²) in [6, 6.07) is 19.6. The number of hydrogen-bond acceptors (Lipinski definition) is 3. The molecule has 0 radical (unpaired) electrons. The van der Waals surface area contributed by atoms with Gasteiger partial charge in [0, 0.05) is 44.5 Å². The van der Waals surface area contributed by atoms with Gasteiger partial charge in [-0.25, -0.2) is 0 Å². The third-order valence-corrected chi connectivity index (χ3v) is 4.43. The molecule has 1 heterocycles. The number of nitrogen functional groups attached to an aromatic ring is 1. The van der Waals surface area contributed by atoms with Crippen molar-refractivity contribution in [1.29, 1.82) is 0 Å². The van der Waals surface area contributed by atoms with Crippen molar-refractivity contribution < 1.29 is 0 Å². The van der Waals surface area contributed by atoms with Crippen LogP contribution in [0, 0.1) is 0 Å². The van der Waals surface area contributed by atoms with Crippen LogP contribution in [0.5, 0.6) is 0 Å². The Balaban J connectivity index is 0.00000144. The lowest BCUT2D eigenvalue weighted by Crippen LogP contribution is -2.50. The molecule has 2 aromatic carbocycles. The van der Waals surface area contributed by atoms with Crippen LogP contribution < -0.4 is 5.73 Å². The Morgan fingerprint density at radius 3 is 2.29 bits per heavy atom. The van der Waals surface area contributed by atoms with Crippen LogP contribution >= 0.6 is 24.8 Å². The minimum Gasteiger partial charge on any atom is -0.399 e. The second-order valence-electron chi connectivity index (χ2n) is 6.29. The molecule has 2 aromatic rings. The summed E-state index contributed by atoms with van der Waals surface area (Å²) in [4.78, 5) is 5.10. The Bertz CT molecular complexity index is 607. The number of halogens is 2. The lowest BCUT2D eigenvalue weighted by atomic mass is 10.1. The summed E-state index contributed by atoms with van der Waals surface area (Å²) in [5, 5.41) is 0. The summed E-state index contributed by atoms with van der Waals surface area (Å²) >= 11 is 0. The highest BCUT2D eigenvalue weighted by molar-refractivity contribution is 5.85. The van der Waals surface area contributed by atoms with Gasteiger partial charge in [0.15, 0.2) is 0 Å². The van der Waals surface area contributed by atoms with Gasteiger partial charge in [0.2, 0.25) is 0 Å². The molecule has 1 fully saturated rings. The number of rotatable bonds is 4. The van der Waals surface area contributed by atoms with Gasteiger partial charge in [0.25, 0.3) is 0 Å².